The molecule has 20 heavy (non-hydrogen) atoms. The lowest BCUT2D eigenvalue weighted by atomic mass is 10.1. The zero-order chi connectivity index (χ0) is 14.5. The van der Waals surface area contributed by atoms with Crippen LogP contribution < -0.4 is 5.73 Å². The number of ether oxygens (including phenoxy) is 1. The number of nitrogens with two attached hydrogens (primary N) is 1. The zero-order valence-electron chi connectivity index (χ0n) is 11.4. The Morgan fingerprint density at radius 3 is 2.45 bits per heavy atom. The minimum Gasteiger partial charge on any atom is -0.465 e. The van der Waals surface area contributed by atoms with Crippen molar-refractivity contribution in [2.45, 2.75) is 6.92 Å². The molecule has 3 nitrogen and oxygen atoms in total. The van der Waals surface area contributed by atoms with Gasteiger partial charge in [0.15, 0.2) is 0 Å². The second-order valence-corrected chi connectivity index (χ2v) is 4.41. The molecule has 100 valence electrons. The van der Waals surface area contributed by atoms with E-state index in [1.807, 2.05) is 31.2 Å². The van der Waals surface area contributed by atoms with Crippen LogP contribution in [0.2, 0.25) is 0 Å². The summed E-state index contributed by atoms with van der Waals surface area (Å²) in [5, 5.41) is 0. The number of anilines is 1. The molecular formula is C17H15NO2. The summed E-state index contributed by atoms with van der Waals surface area (Å²) < 4.78 is 4.68. The van der Waals surface area contributed by atoms with Gasteiger partial charge in [-0.2, -0.15) is 0 Å². The van der Waals surface area contributed by atoms with E-state index in [1.54, 1.807) is 18.2 Å². The van der Waals surface area contributed by atoms with Gasteiger partial charge in [-0.05, 0) is 37.3 Å². The highest BCUT2D eigenvalue weighted by atomic mass is 16.5. The Balaban J connectivity index is 2.34. The van der Waals surface area contributed by atoms with Crippen LogP contribution in [-0.4, -0.2) is 13.1 Å². The van der Waals surface area contributed by atoms with Gasteiger partial charge >= 0.3 is 5.97 Å². The molecule has 0 amide bonds. The quantitative estimate of drug-likeness (QED) is 0.490. The predicted octanol–water partition coefficient (Wildman–Crippen LogP) is 2.76. The molecule has 3 heteroatoms. The van der Waals surface area contributed by atoms with E-state index in [-0.39, 0.29) is 0 Å². The van der Waals surface area contributed by atoms with Crippen LogP contribution in [0.1, 0.15) is 27.0 Å². The van der Waals surface area contributed by atoms with Crippen molar-refractivity contribution >= 4 is 11.7 Å². The first-order valence-electron chi connectivity index (χ1n) is 6.16. The third-order valence-corrected chi connectivity index (χ3v) is 2.87. The maximum absolute atomic E-state index is 11.5. The summed E-state index contributed by atoms with van der Waals surface area (Å²) in [6.45, 7) is 2.02. The first kappa shape index (κ1) is 13.7. The number of carbonyl (C=O) groups excluding carboxylic acids is 1. The number of methoxy groups -OCH3 is 1. The molecule has 2 aromatic carbocycles. The molecule has 0 aliphatic rings. The van der Waals surface area contributed by atoms with Crippen molar-refractivity contribution in [1.82, 2.24) is 0 Å². The van der Waals surface area contributed by atoms with E-state index in [1.165, 1.54) is 12.7 Å². The molecule has 0 aliphatic carbocycles. The normalized spacial score (nSPS) is 9.50. The van der Waals surface area contributed by atoms with Crippen molar-refractivity contribution in [3.8, 4) is 11.8 Å². The van der Waals surface area contributed by atoms with Crippen molar-refractivity contribution in [3.63, 3.8) is 0 Å². The fourth-order valence-electron chi connectivity index (χ4n) is 1.69. The minimum atomic E-state index is -0.400. The predicted molar refractivity (Wildman–Crippen MR) is 79.4 cm³/mol. The van der Waals surface area contributed by atoms with Gasteiger partial charge in [0, 0.05) is 16.8 Å². The topological polar surface area (TPSA) is 52.3 Å². The second kappa shape index (κ2) is 5.94. The second-order valence-electron chi connectivity index (χ2n) is 4.41. The highest BCUT2D eigenvalue weighted by Crippen LogP contribution is 2.14. The fraction of sp³-hybridized carbons (Fsp3) is 0.118. The van der Waals surface area contributed by atoms with Gasteiger partial charge in [-0.3, -0.25) is 0 Å². The Hall–Kier alpha value is -2.73. The van der Waals surface area contributed by atoms with Crippen molar-refractivity contribution in [3.05, 3.63) is 64.7 Å². The SMILES string of the molecule is COC(=O)c1ccc(N)c(C#Cc2ccc(C)cc2)c1. The Kier molecular flexibility index (Phi) is 4.07. The minimum absolute atomic E-state index is 0.400. The molecule has 0 bridgehead atoms. The van der Waals surface area contributed by atoms with Crippen LogP contribution in [0.25, 0.3) is 0 Å². The zero-order valence-corrected chi connectivity index (χ0v) is 11.4. The van der Waals surface area contributed by atoms with Gasteiger partial charge in [-0.15, -0.1) is 0 Å². The Morgan fingerprint density at radius 2 is 1.80 bits per heavy atom. The first-order chi connectivity index (χ1) is 9.60. The largest absolute Gasteiger partial charge is 0.465 e. The summed E-state index contributed by atoms with van der Waals surface area (Å²) in [5.74, 6) is 5.62. The maximum Gasteiger partial charge on any atom is 0.337 e. The Labute approximate surface area is 118 Å². The van der Waals surface area contributed by atoms with Crippen LogP contribution in [0.5, 0.6) is 0 Å². The number of nitrogen functional groups attached to an aromatic ring is 1. The van der Waals surface area contributed by atoms with E-state index in [0.717, 1.165) is 5.56 Å². The summed E-state index contributed by atoms with van der Waals surface area (Å²) in [7, 11) is 1.34. The van der Waals surface area contributed by atoms with Gasteiger partial charge in [0.2, 0.25) is 0 Å². The summed E-state index contributed by atoms with van der Waals surface area (Å²) in [5.41, 5.74) is 9.55. The summed E-state index contributed by atoms with van der Waals surface area (Å²) in [6.07, 6.45) is 0. The maximum atomic E-state index is 11.5. The van der Waals surface area contributed by atoms with Gasteiger partial charge < -0.3 is 10.5 Å². The number of carbonyl (C=O) groups is 1. The van der Waals surface area contributed by atoms with Crippen LogP contribution in [-0.2, 0) is 4.74 Å². The van der Waals surface area contributed by atoms with Gasteiger partial charge in [0.25, 0.3) is 0 Å². The molecule has 0 atom stereocenters. The average Bonchev–Trinajstić information content (AvgIpc) is 2.47. The van der Waals surface area contributed by atoms with Crippen LogP contribution in [0.3, 0.4) is 0 Å². The molecule has 0 unspecified atom stereocenters. The number of esters is 1. The molecule has 0 aromatic heterocycles. The Bertz CT molecular complexity index is 691. The summed E-state index contributed by atoms with van der Waals surface area (Å²) in [4.78, 5) is 11.5. The van der Waals surface area contributed by atoms with E-state index in [2.05, 4.69) is 16.6 Å². The smallest absolute Gasteiger partial charge is 0.337 e. The van der Waals surface area contributed by atoms with Gasteiger partial charge in [0.1, 0.15) is 0 Å². The summed E-state index contributed by atoms with van der Waals surface area (Å²) >= 11 is 0. The van der Waals surface area contributed by atoms with Crippen molar-refractivity contribution in [2.24, 2.45) is 0 Å². The monoisotopic (exact) mass is 265 g/mol. The van der Waals surface area contributed by atoms with Gasteiger partial charge in [0.05, 0.1) is 12.7 Å². The number of aryl methyl sites for hydroxylation is 1. The number of rotatable bonds is 1. The van der Waals surface area contributed by atoms with Crippen LogP contribution in [0.4, 0.5) is 5.69 Å². The van der Waals surface area contributed by atoms with E-state index >= 15 is 0 Å². The van der Waals surface area contributed by atoms with Crippen LogP contribution in [0.15, 0.2) is 42.5 Å². The fourth-order valence-corrected chi connectivity index (χ4v) is 1.69. The molecule has 2 N–H and O–H groups in total. The highest BCUT2D eigenvalue weighted by Gasteiger charge is 2.06. The van der Waals surface area contributed by atoms with Crippen LogP contribution >= 0.6 is 0 Å². The van der Waals surface area contributed by atoms with Crippen molar-refractivity contribution in [2.75, 3.05) is 12.8 Å². The molecule has 0 fully saturated rings. The molecule has 2 rings (SSSR count). The third-order valence-electron chi connectivity index (χ3n) is 2.87. The molecule has 0 saturated heterocycles. The van der Waals surface area contributed by atoms with Gasteiger partial charge in [-0.25, -0.2) is 4.79 Å². The summed E-state index contributed by atoms with van der Waals surface area (Å²) in [6, 6.07) is 12.8. The van der Waals surface area contributed by atoms with E-state index < -0.39 is 5.97 Å². The van der Waals surface area contributed by atoms with Crippen molar-refractivity contribution in [1.29, 1.82) is 0 Å². The van der Waals surface area contributed by atoms with Crippen LogP contribution in [0, 0.1) is 18.8 Å². The van der Waals surface area contributed by atoms with E-state index in [9.17, 15) is 4.79 Å². The molecule has 0 aliphatic heterocycles. The van der Waals surface area contributed by atoms with Gasteiger partial charge in [-0.1, -0.05) is 29.5 Å². The lowest BCUT2D eigenvalue weighted by Gasteiger charge is -2.02. The van der Waals surface area contributed by atoms with Crippen molar-refractivity contribution < 1.29 is 9.53 Å². The molecule has 0 heterocycles. The standard InChI is InChI=1S/C17H15NO2/c1-12-3-5-13(6-4-12)7-8-14-11-15(17(19)20-2)9-10-16(14)18/h3-6,9-11H,18H2,1-2H3. The Morgan fingerprint density at radius 1 is 1.10 bits per heavy atom. The molecule has 0 radical (unpaired) electrons. The molecule has 0 spiro atoms. The lowest BCUT2D eigenvalue weighted by molar-refractivity contribution is 0.0600. The lowest BCUT2D eigenvalue weighted by Crippen LogP contribution is -2.02. The van der Waals surface area contributed by atoms with E-state index in [0.29, 0.717) is 16.8 Å². The molecule has 0 saturated carbocycles. The average molecular weight is 265 g/mol. The molecular weight excluding hydrogens is 250 g/mol. The number of hydrogen-bond acceptors (Lipinski definition) is 3. The van der Waals surface area contributed by atoms with E-state index in [4.69, 9.17) is 5.73 Å². The number of hydrogen-bond donors (Lipinski definition) is 1. The first-order valence-corrected chi connectivity index (χ1v) is 6.16. The highest BCUT2D eigenvalue weighted by molar-refractivity contribution is 5.90. The molecule has 2 aromatic rings. The third kappa shape index (κ3) is 3.18. The number of benzene rings is 2.